The molecule has 7 nitrogen and oxygen atoms in total. The molecule has 2 unspecified atom stereocenters. The lowest BCUT2D eigenvalue weighted by atomic mass is 9.90. The van der Waals surface area contributed by atoms with Crippen molar-refractivity contribution >= 4 is 0 Å². The molecule has 2 bridgehead atoms. The molecule has 0 aromatic carbocycles. The number of aryl methyl sites for hydroxylation is 1. The second kappa shape index (κ2) is 9.13. The molecule has 4 rings (SSSR count). The molecule has 0 spiro atoms. The quantitative estimate of drug-likeness (QED) is 0.697. The van der Waals surface area contributed by atoms with Gasteiger partial charge in [-0.25, -0.2) is 14.2 Å². The topological polar surface area (TPSA) is 69.4 Å². The first kappa shape index (κ1) is 20.8. The first-order valence-corrected chi connectivity index (χ1v) is 11.5. The highest BCUT2D eigenvalue weighted by molar-refractivity contribution is 4.96. The summed E-state index contributed by atoms with van der Waals surface area (Å²) in [5.74, 6) is 1.24. The monoisotopic (exact) mass is 404 g/mol. The van der Waals surface area contributed by atoms with Crippen molar-refractivity contribution in [2.45, 2.75) is 95.9 Å². The van der Waals surface area contributed by atoms with Crippen LogP contribution in [0.25, 0.3) is 0 Å². The maximum atomic E-state index is 12.3. The number of fused-ring (bicyclic) bond motifs is 2. The maximum absolute atomic E-state index is 12.3. The predicted octanol–water partition coefficient (Wildman–Crippen LogP) is 2.23. The van der Waals surface area contributed by atoms with E-state index in [1.807, 2.05) is 0 Å². The Balaban J connectivity index is 1.27. The van der Waals surface area contributed by atoms with Crippen LogP contribution < -0.4 is 11.4 Å². The fourth-order valence-corrected chi connectivity index (χ4v) is 5.63. The summed E-state index contributed by atoms with van der Waals surface area (Å²) in [5, 5.41) is 0. The minimum atomic E-state index is -0.427. The van der Waals surface area contributed by atoms with Gasteiger partial charge in [0.25, 0.3) is 0 Å². The average molecular weight is 405 g/mol. The Morgan fingerprint density at radius 1 is 1.00 bits per heavy atom. The van der Waals surface area contributed by atoms with E-state index in [1.165, 1.54) is 54.1 Å². The number of nitrogens with zero attached hydrogens (tertiary/aromatic N) is 4. The highest BCUT2D eigenvalue weighted by Gasteiger charge is 2.40. The van der Waals surface area contributed by atoms with Gasteiger partial charge in [0.2, 0.25) is 0 Å². The smallest absolute Gasteiger partial charge is 0.353 e. The first-order chi connectivity index (χ1) is 14.0. The largest absolute Gasteiger partial charge is 0.378 e. The molecular weight excluding hydrogens is 368 g/mol. The van der Waals surface area contributed by atoms with Gasteiger partial charge in [-0.1, -0.05) is 19.3 Å². The van der Waals surface area contributed by atoms with E-state index in [2.05, 4.69) is 9.88 Å². The van der Waals surface area contributed by atoms with Crippen molar-refractivity contribution in [3.05, 3.63) is 26.8 Å². The Labute approximate surface area is 173 Å². The standard InChI is InChI=1S/C22H36N4O3/c1-16-23-21(27)26(22(28)24(16)2)12-6-11-25-18-9-10-19(25)14-20(13-18)29-15-17-7-4-3-5-8-17/h17-20H,3-15H2,1-2H3. The highest BCUT2D eigenvalue weighted by atomic mass is 16.5. The van der Waals surface area contributed by atoms with Gasteiger partial charge in [0.15, 0.2) is 0 Å². The number of hydrogen-bond acceptors (Lipinski definition) is 5. The molecule has 0 N–H and O–H groups in total. The number of piperidine rings is 1. The number of ether oxygens (including phenoxy) is 1. The summed E-state index contributed by atoms with van der Waals surface area (Å²) in [6.07, 6.45) is 12.8. The molecule has 29 heavy (non-hydrogen) atoms. The van der Waals surface area contributed by atoms with Crippen LogP contribution in [0.2, 0.25) is 0 Å². The Bertz CT molecular complexity index is 797. The molecule has 1 aromatic rings. The molecule has 2 aliphatic heterocycles. The van der Waals surface area contributed by atoms with Gasteiger partial charge in [-0.2, -0.15) is 4.98 Å². The Kier molecular flexibility index (Phi) is 6.54. The molecule has 1 aromatic heterocycles. The fraction of sp³-hybridized carbons (Fsp3) is 0.864. The van der Waals surface area contributed by atoms with Crippen molar-refractivity contribution in [3.63, 3.8) is 0 Å². The summed E-state index contributed by atoms with van der Waals surface area (Å²) >= 11 is 0. The van der Waals surface area contributed by atoms with E-state index in [4.69, 9.17) is 4.74 Å². The van der Waals surface area contributed by atoms with E-state index in [0.29, 0.717) is 30.6 Å². The van der Waals surface area contributed by atoms with Gasteiger partial charge < -0.3 is 4.74 Å². The van der Waals surface area contributed by atoms with Gasteiger partial charge in [-0.05, 0) is 57.8 Å². The minimum absolute atomic E-state index is 0.264. The molecule has 1 saturated carbocycles. The van der Waals surface area contributed by atoms with E-state index in [-0.39, 0.29) is 5.69 Å². The molecule has 0 radical (unpaired) electrons. The lowest BCUT2D eigenvalue weighted by Crippen LogP contribution is -2.47. The van der Waals surface area contributed by atoms with Crippen LogP contribution in [-0.4, -0.2) is 50.4 Å². The summed E-state index contributed by atoms with van der Waals surface area (Å²) in [6.45, 7) is 4.02. The molecule has 2 atom stereocenters. The first-order valence-electron chi connectivity index (χ1n) is 11.5. The average Bonchev–Trinajstić information content (AvgIpc) is 2.95. The zero-order valence-corrected chi connectivity index (χ0v) is 18.0. The van der Waals surface area contributed by atoms with E-state index in [9.17, 15) is 9.59 Å². The van der Waals surface area contributed by atoms with Crippen LogP contribution in [-0.2, 0) is 18.3 Å². The van der Waals surface area contributed by atoms with E-state index >= 15 is 0 Å². The summed E-state index contributed by atoms with van der Waals surface area (Å²) < 4.78 is 9.07. The number of hydrogen-bond donors (Lipinski definition) is 0. The molecule has 7 heteroatoms. The second-order valence-electron chi connectivity index (χ2n) is 9.34. The van der Waals surface area contributed by atoms with E-state index in [0.717, 1.165) is 38.3 Å². The number of rotatable bonds is 7. The molecule has 3 fully saturated rings. The Morgan fingerprint density at radius 3 is 2.38 bits per heavy atom. The lowest BCUT2D eigenvalue weighted by molar-refractivity contribution is -0.0369. The van der Waals surface area contributed by atoms with Crippen LogP contribution in [0, 0.1) is 12.8 Å². The maximum Gasteiger partial charge on any atom is 0.353 e. The van der Waals surface area contributed by atoms with Crippen LogP contribution in [0.15, 0.2) is 9.59 Å². The van der Waals surface area contributed by atoms with Gasteiger partial charge in [-0.15, -0.1) is 0 Å². The zero-order valence-electron chi connectivity index (χ0n) is 18.0. The SMILES string of the molecule is Cc1nc(=O)n(CCCN2C3CCC2CC(OCC2CCCCC2)C3)c(=O)n1C. The third-order valence-corrected chi connectivity index (χ3v) is 7.42. The third-order valence-electron chi connectivity index (χ3n) is 7.42. The second-order valence-corrected chi connectivity index (χ2v) is 9.34. The highest BCUT2D eigenvalue weighted by Crippen LogP contribution is 2.37. The van der Waals surface area contributed by atoms with Crippen LogP contribution in [0.3, 0.4) is 0 Å². The van der Waals surface area contributed by atoms with Gasteiger partial charge in [0.1, 0.15) is 5.82 Å². The predicted molar refractivity (Wildman–Crippen MR) is 112 cm³/mol. The molecule has 2 saturated heterocycles. The molecule has 3 aliphatic rings. The molecule has 1 aliphatic carbocycles. The zero-order chi connectivity index (χ0) is 20.4. The summed E-state index contributed by atoms with van der Waals surface area (Å²) in [5.41, 5.74) is -0.691. The summed E-state index contributed by atoms with van der Waals surface area (Å²) in [7, 11) is 1.67. The van der Waals surface area contributed by atoms with Gasteiger partial charge in [0, 0.05) is 38.8 Å². The van der Waals surface area contributed by atoms with E-state index < -0.39 is 5.69 Å². The molecule has 0 amide bonds. The minimum Gasteiger partial charge on any atom is -0.378 e. The van der Waals surface area contributed by atoms with Gasteiger partial charge in [-0.3, -0.25) is 9.47 Å². The van der Waals surface area contributed by atoms with Crippen LogP contribution in [0.4, 0.5) is 0 Å². The van der Waals surface area contributed by atoms with Crippen molar-refractivity contribution in [2.75, 3.05) is 13.2 Å². The van der Waals surface area contributed by atoms with Crippen molar-refractivity contribution in [2.24, 2.45) is 13.0 Å². The van der Waals surface area contributed by atoms with Gasteiger partial charge in [0.05, 0.1) is 6.10 Å². The van der Waals surface area contributed by atoms with Crippen molar-refractivity contribution in [1.82, 2.24) is 19.0 Å². The number of aromatic nitrogens is 3. The van der Waals surface area contributed by atoms with Crippen LogP contribution in [0.1, 0.15) is 70.0 Å². The van der Waals surface area contributed by atoms with Crippen molar-refractivity contribution in [3.8, 4) is 0 Å². The molecule has 162 valence electrons. The summed E-state index contributed by atoms with van der Waals surface area (Å²) in [4.78, 5) is 31.0. The lowest BCUT2D eigenvalue weighted by Gasteiger charge is -2.39. The molecular formula is C22H36N4O3. The van der Waals surface area contributed by atoms with Crippen LogP contribution in [0.5, 0.6) is 0 Å². The molecule has 3 heterocycles. The fourth-order valence-electron chi connectivity index (χ4n) is 5.63. The van der Waals surface area contributed by atoms with Crippen molar-refractivity contribution in [1.29, 1.82) is 0 Å². The third kappa shape index (κ3) is 4.66. The Hall–Kier alpha value is -1.47. The summed E-state index contributed by atoms with van der Waals surface area (Å²) in [6, 6.07) is 1.20. The van der Waals surface area contributed by atoms with E-state index in [1.54, 1.807) is 14.0 Å². The van der Waals surface area contributed by atoms with Gasteiger partial charge >= 0.3 is 11.4 Å². The Morgan fingerprint density at radius 2 is 1.69 bits per heavy atom. The van der Waals surface area contributed by atoms with Crippen LogP contribution >= 0.6 is 0 Å². The normalized spacial score (nSPS) is 28.1. The van der Waals surface area contributed by atoms with Crippen molar-refractivity contribution < 1.29 is 4.74 Å².